The van der Waals surface area contributed by atoms with Gasteiger partial charge in [0.2, 0.25) is 0 Å². The van der Waals surface area contributed by atoms with Crippen molar-refractivity contribution in [3.63, 3.8) is 0 Å². The highest BCUT2D eigenvalue weighted by atomic mass is 16.8. The number of hydrogen-bond donors (Lipinski definition) is 1. The van der Waals surface area contributed by atoms with E-state index in [2.05, 4.69) is 0 Å². The minimum Gasteiger partial charge on any atom is -0.390 e. The zero-order valence-corrected chi connectivity index (χ0v) is 10.9. The molecule has 0 aromatic rings. The summed E-state index contributed by atoms with van der Waals surface area (Å²) in [6, 6.07) is 0. The fourth-order valence-corrected chi connectivity index (χ4v) is 2.65. The molecular formula is C12H22O5. The first-order valence-corrected chi connectivity index (χ1v) is 6.09. The highest BCUT2D eigenvalue weighted by molar-refractivity contribution is 4.98. The van der Waals surface area contributed by atoms with Crippen molar-refractivity contribution >= 4 is 0 Å². The smallest absolute Gasteiger partial charge is 0.164 e. The van der Waals surface area contributed by atoms with Crippen molar-refractivity contribution in [1.29, 1.82) is 0 Å². The Hall–Kier alpha value is -0.200. The summed E-state index contributed by atoms with van der Waals surface area (Å²) in [6.45, 7) is 5.95. The third kappa shape index (κ3) is 2.63. The highest BCUT2D eigenvalue weighted by Crippen LogP contribution is 2.40. The van der Waals surface area contributed by atoms with Gasteiger partial charge >= 0.3 is 0 Å². The molecule has 0 amide bonds. The Morgan fingerprint density at radius 1 is 1.29 bits per heavy atom. The minimum absolute atomic E-state index is 0.0832. The Morgan fingerprint density at radius 3 is 2.59 bits per heavy atom. The third-order valence-electron chi connectivity index (χ3n) is 3.45. The van der Waals surface area contributed by atoms with Crippen LogP contribution < -0.4 is 0 Å². The molecule has 5 atom stereocenters. The molecule has 2 aliphatic rings. The molecule has 0 aromatic carbocycles. The summed E-state index contributed by atoms with van der Waals surface area (Å²) in [5.74, 6) is -0.523. The van der Waals surface area contributed by atoms with Gasteiger partial charge in [0.05, 0.1) is 12.2 Å². The molecule has 1 N–H and O–H groups in total. The average Bonchev–Trinajstić information content (AvgIpc) is 2.58. The van der Waals surface area contributed by atoms with Crippen molar-refractivity contribution in [2.45, 2.75) is 57.4 Å². The van der Waals surface area contributed by atoms with E-state index in [1.807, 2.05) is 20.8 Å². The number of methoxy groups -OCH3 is 1. The maximum Gasteiger partial charge on any atom is 0.164 e. The summed E-state index contributed by atoms with van der Waals surface area (Å²) >= 11 is 0. The minimum atomic E-state index is -0.658. The van der Waals surface area contributed by atoms with Crippen LogP contribution in [0.15, 0.2) is 0 Å². The van der Waals surface area contributed by atoms with Crippen molar-refractivity contribution in [1.82, 2.24) is 0 Å². The van der Waals surface area contributed by atoms with Crippen molar-refractivity contribution in [2.75, 3.05) is 13.9 Å². The van der Waals surface area contributed by atoms with Crippen molar-refractivity contribution in [3.8, 4) is 0 Å². The topological polar surface area (TPSA) is 57.2 Å². The van der Waals surface area contributed by atoms with Gasteiger partial charge < -0.3 is 24.1 Å². The van der Waals surface area contributed by atoms with E-state index in [1.165, 1.54) is 0 Å². The third-order valence-corrected chi connectivity index (χ3v) is 3.45. The van der Waals surface area contributed by atoms with Gasteiger partial charge in [-0.15, -0.1) is 0 Å². The fraction of sp³-hybridized carbons (Fsp3) is 1.00. The maximum atomic E-state index is 10.1. The van der Waals surface area contributed by atoms with Gasteiger partial charge in [0.15, 0.2) is 5.79 Å². The van der Waals surface area contributed by atoms with Crippen LogP contribution in [0.2, 0.25) is 0 Å². The van der Waals surface area contributed by atoms with Crippen LogP contribution in [0.4, 0.5) is 0 Å². The molecule has 1 heterocycles. The van der Waals surface area contributed by atoms with Crippen LogP contribution in [0.25, 0.3) is 0 Å². The van der Waals surface area contributed by atoms with Gasteiger partial charge in [-0.3, -0.25) is 0 Å². The average molecular weight is 246 g/mol. The Balaban J connectivity index is 2.09. The molecule has 0 radical (unpaired) electrons. The summed E-state index contributed by atoms with van der Waals surface area (Å²) < 4.78 is 22.1. The van der Waals surface area contributed by atoms with E-state index in [1.54, 1.807) is 7.11 Å². The SMILES string of the molecule is COCO[C@@H]1C[C@H](C)[C@@H](O)[C@@H]2OC(C)(C)O[C@@H]21. The van der Waals surface area contributed by atoms with Crippen molar-refractivity contribution in [3.05, 3.63) is 0 Å². The molecule has 5 heteroatoms. The molecule has 1 saturated heterocycles. The lowest BCUT2D eigenvalue weighted by Crippen LogP contribution is -2.52. The lowest BCUT2D eigenvalue weighted by atomic mass is 9.82. The number of fused-ring (bicyclic) bond motifs is 1. The summed E-state index contributed by atoms with van der Waals surface area (Å²) in [6.07, 6.45) is -0.350. The molecule has 2 rings (SSSR count). The number of aliphatic hydroxyl groups is 1. The summed E-state index contributed by atoms with van der Waals surface area (Å²) in [5.41, 5.74) is 0. The van der Waals surface area contributed by atoms with E-state index in [4.69, 9.17) is 18.9 Å². The quantitative estimate of drug-likeness (QED) is 0.750. The molecule has 0 spiro atoms. The van der Waals surface area contributed by atoms with E-state index >= 15 is 0 Å². The molecular weight excluding hydrogens is 224 g/mol. The van der Waals surface area contributed by atoms with Crippen LogP contribution in [0.3, 0.4) is 0 Å². The zero-order chi connectivity index (χ0) is 12.6. The number of aliphatic hydroxyl groups excluding tert-OH is 1. The van der Waals surface area contributed by atoms with Crippen molar-refractivity contribution < 1.29 is 24.1 Å². The second-order valence-electron chi connectivity index (χ2n) is 5.38. The standard InChI is InChI=1S/C12H22O5/c1-7-5-8(15-6-14-4)10-11(9(7)13)17-12(2,3)16-10/h7-11,13H,5-6H2,1-4H3/t7-,8+,9+,10+,11-/m0/s1. The number of rotatable bonds is 3. The number of ether oxygens (including phenoxy) is 4. The zero-order valence-electron chi connectivity index (χ0n) is 10.9. The van der Waals surface area contributed by atoms with Crippen LogP contribution in [0, 0.1) is 5.92 Å². The van der Waals surface area contributed by atoms with Gasteiger partial charge in [-0.1, -0.05) is 6.92 Å². The van der Waals surface area contributed by atoms with Gasteiger partial charge in [0.1, 0.15) is 19.0 Å². The molecule has 17 heavy (non-hydrogen) atoms. The van der Waals surface area contributed by atoms with Crippen molar-refractivity contribution in [2.24, 2.45) is 5.92 Å². The van der Waals surface area contributed by atoms with Crippen LogP contribution in [0.1, 0.15) is 27.2 Å². The maximum absolute atomic E-state index is 10.1. The first-order chi connectivity index (χ1) is 7.94. The summed E-state index contributed by atoms with van der Waals surface area (Å²) in [4.78, 5) is 0. The molecule has 0 bridgehead atoms. The second-order valence-corrected chi connectivity index (χ2v) is 5.38. The predicted molar refractivity (Wildman–Crippen MR) is 60.4 cm³/mol. The molecule has 1 aliphatic heterocycles. The summed E-state index contributed by atoms with van der Waals surface area (Å²) in [7, 11) is 1.59. The van der Waals surface area contributed by atoms with Crippen LogP contribution in [-0.2, 0) is 18.9 Å². The second kappa shape index (κ2) is 4.82. The fourth-order valence-electron chi connectivity index (χ4n) is 2.65. The predicted octanol–water partition coefficient (Wildman–Crippen LogP) is 0.896. The lowest BCUT2D eigenvalue weighted by molar-refractivity contribution is -0.171. The molecule has 0 aromatic heterocycles. The Kier molecular flexibility index (Phi) is 3.75. The Bertz CT molecular complexity index is 268. The summed E-state index contributed by atoms with van der Waals surface area (Å²) in [5, 5.41) is 10.1. The van der Waals surface area contributed by atoms with Crippen LogP contribution >= 0.6 is 0 Å². The molecule has 0 unspecified atom stereocenters. The van der Waals surface area contributed by atoms with E-state index in [-0.39, 0.29) is 31.0 Å². The van der Waals surface area contributed by atoms with E-state index in [0.717, 1.165) is 6.42 Å². The van der Waals surface area contributed by atoms with Gasteiger partial charge in [-0.2, -0.15) is 0 Å². The Morgan fingerprint density at radius 2 is 1.94 bits per heavy atom. The van der Waals surface area contributed by atoms with Gasteiger partial charge in [-0.05, 0) is 26.2 Å². The highest BCUT2D eigenvalue weighted by Gasteiger charge is 2.53. The van der Waals surface area contributed by atoms with Gasteiger partial charge in [0.25, 0.3) is 0 Å². The Labute approximate surface area is 102 Å². The molecule has 1 aliphatic carbocycles. The lowest BCUT2D eigenvalue weighted by Gasteiger charge is -2.38. The first-order valence-electron chi connectivity index (χ1n) is 6.09. The normalized spacial score (nSPS) is 44.6. The monoisotopic (exact) mass is 246 g/mol. The van der Waals surface area contributed by atoms with Gasteiger partial charge in [0, 0.05) is 7.11 Å². The largest absolute Gasteiger partial charge is 0.390 e. The number of hydrogen-bond acceptors (Lipinski definition) is 5. The van der Waals surface area contributed by atoms with Crippen LogP contribution in [0.5, 0.6) is 0 Å². The van der Waals surface area contributed by atoms with Crippen LogP contribution in [-0.4, -0.2) is 49.2 Å². The van der Waals surface area contributed by atoms with E-state index in [0.29, 0.717) is 0 Å². The molecule has 1 saturated carbocycles. The van der Waals surface area contributed by atoms with E-state index < -0.39 is 11.9 Å². The first kappa shape index (κ1) is 13.2. The molecule has 5 nitrogen and oxygen atoms in total. The molecule has 100 valence electrons. The van der Waals surface area contributed by atoms with Gasteiger partial charge in [-0.25, -0.2) is 0 Å². The molecule has 2 fully saturated rings. The van der Waals surface area contributed by atoms with E-state index in [9.17, 15) is 5.11 Å².